The number of carbonyl (C=O) groups excluding carboxylic acids is 2. The van der Waals surface area contributed by atoms with E-state index in [0.717, 1.165) is 18.9 Å². The van der Waals surface area contributed by atoms with Crippen LogP contribution in [-0.2, 0) is 14.8 Å². The van der Waals surface area contributed by atoms with Gasteiger partial charge in [0.1, 0.15) is 11.6 Å². The van der Waals surface area contributed by atoms with Crippen molar-refractivity contribution in [3.8, 4) is 11.5 Å². The number of hydrogen-bond acceptors (Lipinski definition) is 6. The molecule has 1 fully saturated rings. The van der Waals surface area contributed by atoms with Crippen molar-refractivity contribution in [1.29, 1.82) is 0 Å². The van der Waals surface area contributed by atoms with E-state index in [-0.39, 0.29) is 57.6 Å². The number of aliphatic hydroxyl groups is 1. The first-order chi connectivity index (χ1) is 18.7. The van der Waals surface area contributed by atoms with Gasteiger partial charge in [-0.1, -0.05) is 23.7 Å². The maximum absolute atomic E-state index is 13.4. The van der Waals surface area contributed by atoms with Gasteiger partial charge in [-0.15, -0.1) is 0 Å². The van der Waals surface area contributed by atoms with Gasteiger partial charge < -0.3 is 20.1 Å². The summed E-state index contributed by atoms with van der Waals surface area (Å²) in [5.41, 5.74) is 0.316. The highest BCUT2D eigenvalue weighted by Gasteiger charge is 2.23. The third kappa shape index (κ3) is 7.25. The average molecular weight is 576 g/mol. The molecular formula is C27H27ClFN3O6S. The van der Waals surface area contributed by atoms with Crippen LogP contribution in [0.3, 0.4) is 0 Å². The highest BCUT2D eigenvalue weighted by atomic mass is 35.5. The lowest BCUT2D eigenvalue weighted by atomic mass is 9.98. The van der Waals surface area contributed by atoms with Crippen molar-refractivity contribution in [3.05, 3.63) is 83.1 Å². The Balaban J connectivity index is 1.38. The summed E-state index contributed by atoms with van der Waals surface area (Å²) >= 11 is 6.03. The van der Waals surface area contributed by atoms with Gasteiger partial charge in [-0.05, 0) is 73.4 Å². The number of halogens is 2. The number of anilines is 1. The van der Waals surface area contributed by atoms with Crippen LogP contribution in [0.15, 0.2) is 71.6 Å². The Bertz CT molecular complexity index is 1440. The van der Waals surface area contributed by atoms with Gasteiger partial charge in [0.2, 0.25) is 5.91 Å². The summed E-state index contributed by atoms with van der Waals surface area (Å²) in [7, 11) is -4.07. The number of benzene rings is 3. The summed E-state index contributed by atoms with van der Waals surface area (Å²) in [5.74, 6) is -0.776. The summed E-state index contributed by atoms with van der Waals surface area (Å²) in [6.07, 6.45) is 1.44. The van der Waals surface area contributed by atoms with Crippen molar-refractivity contribution in [2.75, 3.05) is 31.0 Å². The number of sulfonamides is 1. The van der Waals surface area contributed by atoms with E-state index in [1.54, 1.807) is 17.0 Å². The first kappa shape index (κ1) is 28.3. The molecule has 1 heterocycles. The number of aliphatic hydroxyl groups excluding tert-OH is 1. The van der Waals surface area contributed by atoms with Crippen molar-refractivity contribution in [1.82, 2.24) is 10.2 Å². The molecule has 0 aromatic heterocycles. The molecule has 0 atom stereocenters. The largest absolute Gasteiger partial charge is 0.454 e. The Kier molecular flexibility index (Phi) is 9.05. The lowest BCUT2D eigenvalue weighted by Gasteiger charge is -2.31. The zero-order chi connectivity index (χ0) is 28.0. The lowest BCUT2D eigenvalue weighted by Crippen LogP contribution is -2.44. The maximum atomic E-state index is 13.4. The smallest absolute Gasteiger partial charge is 0.262 e. The minimum absolute atomic E-state index is 0.0227. The van der Waals surface area contributed by atoms with Gasteiger partial charge in [-0.2, -0.15) is 0 Å². The first-order valence-electron chi connectivity index (χ1n) is 12.2. The Morgan fingerprint density at radius 2 is 1.72 bits per heavy atom. The van der Waals surface area contributed by atoms with Gasteiger partial charge in [0.25, 0.3) is 15.9 Å². The van der Waals surface area contributed by atoms with E-state index in [2.05, 4.69) is 10.0 Å². The van der Waals surface area contributed by atoms with Crippen LogP contribution >= 0.6 is 11.6 Å². The van der Waals surface area contributed by atoms with E-state index in [1.165, 1.54) is 48.5 Å². The quantitative estimate of drug-likeness (QED) is 0.354. The topological polar surface area (TPSA) is 125 Å². The second-order valence-electron chi connectivity index (χ2n) is 8.99. The van der Waals surface area contributed by atoms with Crippen LogP contribution in [0.25, 0.3) is 0 Å². The van der Waals surface area contributed by atoms with Crippen LogP contribution in [0.2, 0.25) is 5.02 Å². The maximum Gasteiger partial charge on any atom is 0.262 e. The number of piperidine rings is 1. The van der Waals surface area contributed by atoms with Gasteiger partial charge in [0, 0.05) is 25.3 Å². The molecule has 1 aliphatic heterocycles. The SMILES string of the molecule is O=C(NCC(=O)N1CCC(CO)CC1)c1ccc(S(=O)(=O)Nc2ccccc2Oc2ccc(F)cc2Cl)cc1. The van der Waals surface area contributed by atoms with Crippen molar-refractivity contribution < 1.29 is 32.2 Å². The van der Waals surface area contributed by atoms with E-state index < -0.39 is 21.7 Å². The minimum Gasteiger partial charge on any atom is -0.454 e. The molecule has 0 bridgehead atoms. The number of nitrogens with zero attached hydrogens (tertiary/aromatic N) is 1. The predicted octanol–water partition coefficient (Wildman–Crippen LogP) is 4.03. The van der Waals surface area contributed by atoms with Gasteiger partial charge in [0.15, 0.2) is 5.75 Å². The Hall–Kier alpha value is -3.67. The van der Waals surface area contributed by atoms with Crippen LogP contribution < -0.4 is 14.8 Å². The molecule has 39 heavy (non-hydrogen) atoms. The van der Waals surface area contributed by atoms with Crippen LogP contribution in [0.1, 0.15) is 23.2 Å². The number of amides is 2. The first-order valence-corrected chi connectivity index (χ1v) is 14.0. The Morgan fingerprint density at radius 3 is 2.38 bits per heavy atom. The number of likely N-dealkylation sites (tertiary alicyclic amines) is 1. The standard InChI is InChI=1S/C27H27ClFN3O6S/c28-22-15-20(29)7-10-24(22)38-25-4-2-1-3-23(25)31-39(36,37)21-8-5-19(6-9-21)27(35)30-16-26(34)32-13-11-18(17-33)12-14-32/h1-10,15,18,31,33H,11-14,16-17H2,(H,30,35). The average Bonchev–Trinajstić information content (AvgIpc) is 2.94. The summed E-state index contributed by atoms with van der Waals surface area (Å²) in [6.45, 7) is 0.986. The van der Waals surface area contributed by atoms with Crippen LogP contribution in [0.5, 0.6) is 11.5 Å². The number of para-hydroxylation sites is 2. The summed E-state index contributed by atoms with van der Waals surface area (Å²) in [5, 5.41) is 11.8. The molecule has 3 N–H and O–H groups in total. The molecule has 9 nitrogen and oxygen atoms in total. The third-order valence-electron chi connectivity index (χ3n) is 6.30. The molecule has 1 saturated heterocycles. The molecule has 0 radical (unpaired) electrons. The fourth-order valence-electron chi connectivity index (χ4n) is 4.04. The molecule has 0 saturated carbocycles. The van der Waals surface area contributed by atoms with E-state index in [4.69, 9.17) is 16.3 Å². The van der Waals surface area contributed by atoms with E-state index in [0.29, 0.717) is 13.1 Å². The normalized spacial score (nSPS) is 14.1. The molecule has 0 unspecified atom stereocenters. The minimum atomic E-state index is -4.07. The molecule has 0 aliphatic carbocycles. The van der Waals surface area contributed by atoms with Gasteiger partial charge >= 0.3 is 0 Å². The fraction of sp³-hybridized carbons (Fsp3) is 0.259. The molecule has 12 heteroatoms. The van der Waals surface area contributed by atoms with Crippen molar-refractivity contribution >= 4 is 39.1 Å². The number of rotatable bonds is 9. The zero-order valence-corrected chi connectivity index (χ0v) is 22.3. The lowest BCUT2D eigenvalue weighted by molar-refractivity contribution is -0.131. The van der Waals surface area contributed by atoms with Gasteiger partial charge in [0.05, 0.1) is 22.2 Å². The van der Waals surface area contributed by atoms with Gasteiger partial charge in [-0.3, -0.25) is 14.3 Å². The van der Waals surface area contributed by atoms with Gasteiger partial charge in [-0.25, -0.2) is 12.8 Å². The predicted molar refractivity (Wildman–Crippen MR) is 144 cm³/mol. The highest BCUT2D eigenvalue weighted by Crippen LogP contribution is 2.35. The molecule has 0 spiro atoms. The number of hydrogen-bond donors (Lipinski definition) is 3. The molecule has 3 aromatic carbocycles. The summed E-state index contributed by atoms with van der Waals surface area (Å²) in [6, 6.07) is 15.1. The molecule has 2 amide bonds. The monoisotopic (exact) mass is 575 g/mol. The van der Waals surface area contributed by atoms with E-state index in [1.807, 2.05) is 0 Å². The molecule has 206 valence electrons. The van der Waals surface area contributed by atoms with Crippen molar-refractivity contribution in [2.24, 2.45) is 5.92 Å². The fourth-order valence-corrected chi connectivity index (χ4v) is 5.32. The summed E-state index contributed by atoms with van der Waals surface area (Å²) in [4.78, 5) is 26.5. The summed E-state index contributed by atoms with van der Waals surface area (Å²) < 4.78 is 47.6. The molecule has 3 aromatic rings. The zero-order valence-electron chi connectivity index (χ0n) is 20.8. The number of ether oxygens (including phenoxy) is 1. The second-order valence-corrected chi connectivity index (χ2v) is 11.1. The number of nitrogens with one attached hydrogen (secondary N) is 2. The van der Waals surface area contributed by atoms with Crippen LogP contribution in [-0.4, -0.2) is 56.5 Å². The molecular weight excluding hydrogens is 549 g/mol. The van der Waals surface area contributed by atoms with Crippen molar-refractivity contribution in [3.63, 3.8) is 0 Å². The third-order valence-corrected chi connectivity index (χ3v) is 7.97. The van der Waals surface area contributed by atoms with Crippen molar-refractivity contribution in [2.45, 2.75) is 17.7 Å². The van der Waals surface area contributed by atoms with E-state index >= 15 is 0 Å². The number of carbonyl (C=O) groups is 2. The Labute approximate surface area is 230 Å². The highest BCUT2D eigenvalue weighted by molar-refractivity contribution is 7.92. The molecule has 1 aliphatic rings. The Morgan fingerprint density at radius 1 is 1.03 bits per heavy atom. The van der Waals surface area contributed by atoms with Crippen LogP contribution in [0, 0.1) is 11.7 Å². The molecule has 4 rings (SSSR count). The second kappa shape index (κ2) is 12.5. The van der Waals surface area contributed by atoms with Crippen LogP contribution in [0.4, 0.5) is 10.1 Å². The van der Waals surface area contributed by atoms with E-state index in [9.17, 15) is 27.5 Å².